The number of rotatable bonds is 5. The fraction of sp³-hybridized carbons (Fsp3) is 0.533. The lowest BCUT2D eigenvalue weighted by Crippen LogP contribution is -2.32. The largest absolute Gasteiger partial charge is 0.376 e. The van der Waals surface area contributed by atoms with Gasteiger partial charge in [-0.1, -0.05) is 6.07 Å². The van der Waals surface area contributed by atoms with Crippen LogP contribution < -0.4 is 5.32 Å². The van der Waals surface area contributed by atoms with Crippen molar-refractivity contribution in [1.82, 2.24) is 9.62 Å². The molecule has 0 radical (unpaired) electrons. The van der Waals surface area contributed by atoms with E-state index in [0.717, 1.165) is 29.3 Å². The molecule has 0 unspecified atom stereocenters. The minimum atomic E-state index is -3.55. The van der Waals surface area contributed by atoms with E-state index in [1.165, 1.54) is 26.2 Å². The third-order valence-electron chi connectivity index (χ3n) is 3.75. The second kappa shape index (κ2) is 6.76. The van der Waals surface area contributed by atoms with Crippen molar-refractivity contribution < 1.29 is 17.9 Å². The van der Waals surface area contributed by atoms with Gasteiger partial charge in [0.1, 0.15) is 0 Å². The summed E-state index contributed by atoms with van der Waals surface area (Å²) in [7, 11) is -0.622. The Balaban J connectivity index is 2.17. The van der Waals surface area contributed by atoms with Crippen LogP contribution in [0.5, 0.6) is 0 Å². The summed E-state index contributed by atoms with van der Waals surface area (Å²) >= 11 is 0. The van der Waals surface area contributed by atoms with Crippen molar-refractivity contribution in [1.29, 1.82) is 0 Å². The highest BCUT2D eigenvalue weighted by Crippen LogP contribution is 2.18. The zero-order chi connectivity index (χ0) is 16.3. The van der Waals surface area contributed by atoms with Crippen LogP contribution in [-0.2, 0) is 14.8 Å². The summed E-state index contributed by atoms with van der Waals surface area (Å²) in [6.07, 6.45) is 2.00. The minimum Gasteiger partial charge on any atom is -0.376 e. The Hall–Kier alpha value is -1.44. The molecule has 1 aliphatic heterocycles. The maximum absolute atomic E-state index is 12.3. The molecule has 0 bridgehead atoms. The van der Waals surface area contributed by atoms with Crippen LogP contribution in [0.1, 0.15) is 28.8 Å². The standard InChI is InChI=1S/C15H22N2O4S/c1-11-6-7-13(22(19,20)17(2)3)9-14(11)15(18)16-10-12-5-4-8-21-12/h6-7,9,12H,4-5,8,10H2,1-3H3,(H,16,18)/t12-/m0/s1. The van der Waals surface area contributed by atoms with Crippen LogP contribution in [0.25, 0.3) is 0 Å². The Labute approximate surface area is 131 Å². The molecule has 2 rings (SSSR count). The summed E-state index contributed by atoms with van der Waals surface area (Å²) in [6.45, 7) is 2.96. The minimum absolute atomic E-state index is 0.0537. The first-order chi connectivity index (χ1) is 10.3. The van der Waals surface area contributed by atoms with Crippen LogP contribution in [0.2, 0.25) is 0 Å². The second-order valence-corrected chi connectivity index (χ2v) is 7.76. The Morgan fingerprint density at radius 1 is 1.41 bits per heavy atom. The van der Waals surface area contributed by atoms with E-state index < -0.39 is 10.0 Å². The number of carbonyl (C=O) groups is 1. The Morgan fingerprint density at radius 3 is 2.73 bits per heavy atom. The third kappa shape index (κ3) is 3.66. The Morgan fingerprint density at radius 2 is 2.14 bits per heavy atom. The number of hydrogen-bond acceptors (Lipinski definition) is 4. The van der Waals surface area contributed by atoms with Crippen molar-refractivity contribution in [3.8, 4) is 0 Å². The van der Waals surface area contributed by atoms with Crippen LogP contribution in [0, 0.1) is 6.92 Å². The summed E-state index contributed by atoms with van der Waals surface area (Å²) in [6, 6.07) is 4.59. The van der Waals surface area contributed by atoms with Gasteiger partial charge in [-0.15, -0.1) is 0 Å². The highest BCUT2D eigenvalue weighted by molar-refractivity contribution is 7.89. The van der Waals surface area contributed by atoms with Crippen LogP contribution in [0.15, 0.2) is 23.1 Å². The first-order valence-electron chi connectivity index (χ1n) is 7.25. The van der Waals surface area contributed by atoms with Crippen molar-refractivity contribution in [2.24, 2.45) is 0 Å². The summed E-state index contributed by atoms with van der Waals surface area (Å²) in [5.74, 6) is -0.274. The molecular formula is C15H22N2O4S. The average molecular weight is 326 g/mol. The van der Waals surface area contributed by atoms with Gasteiger partial charge in [0.15, 0.2) is 0 Å². The van der Waals surface area contributed by atoms with Crippen molar-refractivity contribution in [3.05, 3.63) is 29.3 Å². The molecule has 7 heteroatoms. The quantitative estimate of drug-likeness (QED) is 0.881. The number of sulfonamides is 1. The number of amides is 1. The van der Waals surface area contributed by atoms with Crippen LogP contribution in [0.3, 0.4) is 0 Å². The number of nitrogens with one attached hydrogen (secondary N) is 1. The summed E-state index contributed by atoms with van der Waals surface area (Å²) in [4.78, 5) is 12.4. The third-order valence-corrected chi connectivity index (χ3v) is 5.56. The molecule has 0 aliphatic carbocycles. The molecule has 0 spiro atoms. The van der Waals surface area contributed by atoms with E-state index in [-0.39, 0.29) is 16.9 Å². The first-order valence-corrected chi connectivity index (χ1v) is 8.69. The van der Waals surface area contributed by atoms with Gasteiger partial charge >= 0.3 is 0 Å². The lowest BCUT2D eigenvalue weighted by Gasteiger charge is -2.15. The fourth-order valence-corrected chi connectivity index (χ4v) is 3.25. The molecule has 1 aliphatic rings. The average Bonchev–Trinajstić information content (AvgIpc) is 2.98. The van der Waals surface area contributed by atoms with E-state index in [1.807, 2.05) is 0 Å². The van der Waals surface area contributed by atoms with E-state index in [1.54, 1.807) is 13.0 Å². The number of ether oxygens (including phenoxy) is 1. The second-order valence-electron chi connectivity index (χ2n) is 5.61. The van der Waals surface area contributed by atoms with Crippen molar-refractivity contribution >= 4 is 15.9 Å². The van der Waals surface area contributed by atoms with E-state index >= 15 is 0 Å². The van der Waals surface area contributed by atoms with E-state index in [2.05, 4.69) is 5.32 Å². The maximum atomic E-state index is 12.3. The maximum Gasteiger partial charge on any atom is 0.251 e. The number of aryl methyl sites for hydroxylation is 1. The summed E-state index contributed by atoms with van der Waals surface area (Å²) in [5.41, 5.74) is 1.11. The molecule has 0 saturated carbocycles. The number of nitrogens with zero attached hydrogens (tertiary/aromatic N) is 1. The van der Waals surface area contributed by atoms with Gasteiger partial charge in [-0.3, -0.25) is 4.79 Å². The zero-order valence-corrected chi connectivity index (χ0v) is 13.9. The van der Waals surface area contributed by atoms with Crippen LogP contribution in [0.4, 0.5) is 0 Å². The monoisotopic (exact) mass is 326 g/mol. The summed E-state index contributed by atoms with van der Waals surface area (Å²) < 4.78 is 30.9. The molecule has 0 aromatic heterocycles. The topological polar surface area (TPSA) is 75.7 Å². The van der Waals surface area contributed by atoms with Crippen molar-refractivity contribution in [2.75, 3.05) is 27.2 Å². The smallest absolute Gasteiger partial charge is 0.251 e. The SMILES string of the molecule is Cc1ccc(S(=O)(=O)N(C)C)cc1C(=O)NC[C@@H]1CCCO1. The van der Waals surface area contributed by atoms with Gasteiger partial charge in [-0.2, -0.15) is 0 Å². The van der Waals surface area contributed by atoms with Crippen LogP contribution >= 0.6 is 0 Å². The Bertz CT molecular complexity index is 650. The van der Waals surface area contributed by atoms with Crippen molar-refractivity contribution in [3.63, 3.8) is 0 Å². The molecule has 1 saturated heterocycles. The molecule has 122 valence electrons. The van der Waals surface area contributed by atoms with Gasteiger partial charge in [0.2, 0.25) is 10.0 Å². The van der Waals surface area contributed by atoms with Gasteiger partial charge in [0.25, 0.3) is 5.91 Å². The number of hydrogen-bond donors (Lipinski definition) is 1. The highest BCUT2D eigenvalue weighted by Gasteiger charge is 2.21. The molecule has 1 N–H and O–H groups in total. The first kappa shape index (κ1) is 16.9. The zero-order valence-electron chi connectivity index (χ0n) is 13.1. The van der Waals surface area contributed by atoms with Crippen molar-refractivity contribution in [2.45, 2.75) is 30.8 Å². The number of benzene rings is 1. The number of carbonyl (C=O) groups excluding carboxylic acids is 1. The molecule has 1 fully saturated rings. The fourth-order valence-electron chi connectivity index (χ4n) is 2.32. The molecular weight excluding hydrogens is 304 g/mol. The molecule has 1 aromatic rings. The predicted octanol–water partition coefficient (Wildman–Crippen LogP) is 1.15. The van der Waals surface area contributed by atoms with E-state index in [4.69, 9.17) is 4.74 Å². The van der Waals surface area contributed by atoms with Crippen LogP contribution in [-0.4, -0.2) is 52.0 Å². The predicted molar refractivity (Wildman–Crippen MR) is 83.4 cm³/mol. The van der Waals surface area contributed by atoms with Gasteiger partial charge in [-0.25, -0.2) is 12.7 Å². The molecule has 1 heterocycles. The van der Waals surface area contributed by atoms with Gasteiger partial charge in [0, 0.05) is 32.8 Å². The molecule has 1 atom stereocenters. The highest BCUT2D eigenvalue weighted by atomic mass is 32.2. The molecule has 22 heavy (non-hydrogen) atoms. The molecule has 6 nitrogen and oxygen atoms in total. The normalized spacial score (nSPS) is 18.6. The molecule has 1 amide bonds. The van der Waals surface area contributed by atoms with Gasteiger partial charge < -0.3 is 10.1 Å². The Kier molecular flexibility index (Phi) is 5.20. The van der Waals surface area contributed by atoms with E-state index in [0.29, 0.717) is 12.1 Å². The van der Waals surface area contributed by atoms with Gasteiger partial charge in [-0.05, 0) is 37.5 Å². The van der Waals surface area contributed by atoms with Gasteiger partial charge in [0.05, 0.1) is 11.0 Å². The lowest BCUT2D eigenvalue weighted by molar-refractivity contribution is 0.0857. The lowest BCUT2D eigenvalue weighted by atomic mass is 10.1. The molecule has 1 aromatic carbocycles. The summed E-state index contributed by atoms with van der Waals surface area (Å²) in [5, 5.41) is 2.82. The van der Waals surface area contributed by atoms with E-state index in [9.17, 15) is 13.2 Å².